The molecule has 1 saturated carbocycles. The number of anilines is 2. The molecule has 0 aromatic heterocycles. The SMILES string of the molecule is CCCCCN(c1ccccc1)C1(Nc2cccc3c2C(=O)c2ccccc2C3=O)CCCCC1. The Balaban J connectivity index is 1.58. The van der Waals surface area contributed by atoms with Crippen molar-refractivity contribution in [1.82, 2.24) is 0 Å². The quantitative estimate of drug-likeness (QED) is 0.220. The number of rotatable bonds is 8. The number of fused-ring (bicyclic) bond motifs is 2. The van der Waals surface area contributed by atoms with Crippen LogP contribution in [0.5, 0.6) is 0 Å². The van der Waals surface area contributed by atoms with E-state index in [0.29, 0.717) is 22.3 Å². The largest absolute Gasteiger partial charge is 0.362 e. The molecule has 3 aromatic carbocycles. The summed E-state index contributed by atoms with van der Waals surface area (Å²) < 4.78 is 0. The van der Waals surface area contributed by atoms with Crippen LogP contribution in [0.15, 0.2) is 72.8 Å². The van der Waals surface area contributed by atoms with Crippen molar-refractivity contribution < 1.29 is 9.59 Å². The first kappa shape index (κ1) is 23.3. The Morgan fingerprint density at radius 1 is 0.743 bits per heavy atom. The van der Waals surface area contributed by atoms with Gasteiger partial charge in [0.1, 0.15) is 5.66 Å². The number of nitrogens with one attached hydrogen (secondary N) is 1. The zero-order chi connectivity index (χ0) is 24.3. The lowest BCUT2D eigenvalue weighted by Crippen LogP contribution is -2.56. The number of nitrogens with zero attached hydrogens (tertiary/aromatic N) is 1. The fourth-order valence-electron chi connectivity index (χ4n) is 5.82. The van der Waals surface area contributed by atoms with Gasteiger partial charge in [0.2, 0.25) is 0 Å². The highest BCUT2D eigenvalue weighted by atomic mass is 16.1. The standard InChI is InChI=1S/C31H34N2O2/c1-2-3-12-22-33(23-14-6-4-7-15-23)31(20-10-5-11-21-31)32-27-19-13-18-26-28(27)30(35)25-17-9-8-16-24(25)29(26)34/h4,6-9,13-19,32H,2-3,5,10-12,20-22H2,1H3. The van der Waals surface area contributed by atoms with Crippen molar-refractivity contribution in [2.45, 2.75) is 64.0 Å². The van der Waals surface area contributed by atoms with Crippen LogP contribution in [-0.4, -0.2) is 23.8 Å². The van der Waals surface area contributed by atoms with E-state index < -0.39 is 0 Å². The normalized spacial score (nSPS) is 16.4. The summed E-state index contributed by atoms with van der Waals surface area (Å²) in [5, 5.41) is 3.88. The van der Waals surface area contributed by atoms with E-state index >= 15 is 0 Å². The number of carbonyl (C=O) groups excluding carboxylic acids is 2. The van der Waals surface area contributed by atoms with Crippen molar-refractivity contribution in [3.63, 3.8) is 0 Å². The van der Waals surface area contributed by atoms with E-state index in [0.717, 1.165) is 44.3 Å². The van der Waals surface area contributed by atoms with Crippen LogP contribution in [0.4, 0.5) is 11.4 Å². The Hall–Kier alpha value is -3.40. The molecule has 1 N–H and O–H groups in total. The molecule has 180 valence electrons. The number of benzene rings is 3. The minimum absolute atomic E-state index is 0.0681. The fraction of sp³-hybridized carbons (Fsp3) is 0.355. The smallest absolute Gasteiger partial charge is 0.196 e. The van der Waals surface area contributed by atoms with Gasteiger partial charge in [0, 0.05) is 34.6 Å². The zero-order valence-corrected chi connectivity index (χ0v) is 20.6. The highest BCUT2D eigenvalue weighted by Gasteiger charge is 2.40. The molecule has 0 heterocycles. The third kappa shape index (κ3) is 4.38. The lowest BCUT2D eigenvalue weighted by molar-refractivity contribution is 0.0979. The molecule has 3 aromatic rings. The molecular weight excluding hydrogens is 432 g/mol. The van der Waals surface area contributed by atoms with Crippen molar-refractivity contribution in [1.29, 1.82) is 0 Å². The van der Waals surface area contributed by atoms with E-state index in [1.807, 2.05) is 24.3 Å². The first-order valence-corrected chi connectivity index (χ1v) is 13.1. The Morgan fingerprint density at radius 3 is 2.11 bits per heavy atom. The average molecular weight is 467 g/mol. The fourth-order valence-corrected chi connectivity index (χ4v) is 5.82. The van der Waals surface area contributed by atoms with Gasteiger partial charge in [-0.25, -0.2) is 0 Å². The van der Waals surface area contributed by atoms with E-state index in [1.54, 1.807) is 18.2 Å². The Morgan fingerprint density at radius 2 is 1.40 bits per heavy atom. The second-order valence-corrected chi connectivity index (χ2v) is 9.84. The maximum absolute atomic E-state index is 13.7. The third-order valence-electron chi connectivity index (χ3n) is 7.57. The molecule has 4 nitrogen and oxygen atoms in total. The number of hydrogen-bond donors (Lipinski definition) is 1. The molecule has 0 aliphatic heterocycles. The molecule has 2 aliphatic rings. The molecule has 0 spiro atoms. The number of unbranched alkanes of at least 4 members (excludes halogenated alkanes) is 2. The summed E-state index contributed by atoms with van der Waals surface area (Å²) in [6.07, 6.45) is 8.96. The number of ketones is 2. The molecule has 0 bridgehead atoms. The Kier molecular flexibility index (Phi) is 6.72. The summed E-state index contributed by atoms with van der Waals surface area (Å²) in [4.78, 5) is 29.5. The molecule has 0 unspecified atom stereocenters. The van der Waals surface area contributed by atoms with Gasteiger partial charge in [-0.05, 0) is 50.3 Å². The minimum Gasteiger partial charge on any atom is -0.362 e. The minimum atomic E-state index is -0.303. The molecule has 4 heteroatoms. The van der Waals surface area contributed by atoms with Gasteiger partial charge in [-0.15, -0.1) is 0 Å². The van der Waals surface area contributed by atoms with Crippen LogP contribution in [0.3, 0.4) is 0 Å². The van der Waals surface area contributed by atoms with Crippen molar-refractivity contribution in [3.05, 3.63) is 95.1 Å². The van der Waals surface area contributed by atoms with Crippen LogP contribution in [0.25, 0.3) is 0 Å². The summed E-state index contributed by atoms with van der Waals surface area (Å²) in [6, 6.07) is 23.5. The van der Waals surface area contributed by atoms with E-state index in [2.05, 4.69) is 47.5 Å². The molecule has 0 saturated heterocycles. The summed E-state index contributed by atoms with van der Waals surface area (Å²) in [6.45, 7) is 3.19. The van der Waals surface area contributed by atoms with Crippen LogP contribution in [-0.2, 0) is 0 Å². The maximum Gasteiger partial charge on any atom is 0.196 e. The number of para-hydroxylation sites is 1. The Labute approximate surface area is 208 Å². The average Bonchev–Trinajstić information content (AvgIpc) is 2.91. The van der Waals surface area contributed by atoms with Gasteiger partial charge in [-0.1, -0.05) is 80.8 Å². The summed E-state index contributed by atoms with van der Waals surface area (Å²) in [5.41, 5.74) is 3.69. The van der Waals surface area contributed by atoms with Gasteiger partial charge in [-0.3, -0.25) is 9.59 Å². The van der Waals surface area contributed by atoms with E-state index in [-0.39, 0.29) is 17.2 Å². The Bertz CT molecular complexity index is 1210. The van der Waals surface area contributed by atoms with Gasteiger partial charge in [0.05, 0.1) is 5.56 Å². The van der Waals surface area contributed by atoms with Crippen molar-refractivity contribution >= 4 is 22.9 Å². The molecule has 35 heavy (non-hydrogen) atoms. The molecule has 5 rings (SSSR count). The second kappa shape index (κ2) is 10.1. The summed E-state index contributed by atoms with van der Waals surface area (Å²) >= 11 is 0. The summed E-state index contributed by atoms with van der Waals surface area (Å²) in [5.74, 6) is -0.138. The predicted molar refractivity (Wildman–Crippen MR) is 143 cm³/mol. The van der Waals surface area contributed by atoms with Crippen LogP contribution < -0.4 is 10.2 Å². The molecule has 0 radical (unpaired) electrons. The highest BCUT2D eigenvalue weighted by Crippen LogP contribution is 2.40. The third-order valence-corrected chi connectivity index (χ3v) is 7.57. The van der Waals surface area contributed by atoms with Gasteiger partial charge >= 0.3 is 0 Å². The van der Waals surface area contributed by atoms with E-state index in [1.165, 1.54) is 24.9 Å². The first-order chi connectivity index (χ1) is 17.1. The predicted octanol–water partition coefficient (Wildman–Crippen LogP) is 7.23. The highest BCUT2D eigenvalue weighted by molar-refractivity contribution is 6.30. The van der Waals surface area contributed by atoms with Crippen LogP contribution in [0.1, 0.15) is 90.1 Å². The molecule has 1 fully saturated rings. The summed E-state index contributed by atoms with van der Waals surface area (Å²) in [7, 11) is 0. The lowest BCUT2D eigenvalue weighted by atomic mass is 9.82. The van der Waals surface area contributed by atoms with Crippen LogP contribution in [0.2, 0.25) is 0 Å². The van der Waals surface area contributed by atoms with E-state index in [9.17, 15) is 9.59 Å². The van der Waals surface area contributed by atoms with Crippen LogP contribution in [0, 0.1) is 0 Å². The van der Waals surface area contributed by atoms with Crippen molar-refractivity contribution in [2.75, 3.05) is 16.8 Å². The number of hydrogen-bond acceptors (Lipinski definition) is 4. The van der Waals surface area contributed by atoms with E-state index in [4.69, 9.17) is 0 Å². The topological polar surface area (TPSA) is 49.4 Å². The number of carbonyl (C=O) groups is 2. The van der Waals surface area contributed by atoms with Crippen molar-refractivity contribution in [3.8, 4) is 0 Å². The zero-order valence-electron chi connectivity index (χ0n) is 20.6. The molecule has 2 aliphatic carbocycles. The van der Waals surface area contributed by atoms with Gasteiger partial charge in [0.15, 0.2) is 11.6 Å². The molecule has 0 amide bonds. The van der Waals surface area contributed by atoms with Gasteiger partial charge in [-0.2, -0.15) is 0 Å². The first-order valence-electron chi connectivity index (χ1n) is 13.1. The second-order valence-electron chi connectivity index (χ2n) is 9.84. The molecular formula is C31H34N2O2. The van der Waals surface area contributed by atoms with Crippen molar-refractivity contribution in [2.24, 2.45) is 0 Å². The lowest BCUT2D eigenvalue weighted by Gasteiger charge is -2.49. The van der Waals surface area contributed by atoms with Gasteiger partial charge < -0.3 is 10.2 Å². The van der Waals surface area contributed by atoms with Crippen LogP contribution >= 0.6 is 0 Å². The van der Waals surface area contributed by atoms with Gasteiger partial charge in [0.25, 0.3) is 0 Å². The monoisotopic (exact) mass is 466 g/mol. The maximum atomic E-state index is 13.7. The molecule has 0 atom stereocenters.